The third-order valence-corrected chi connectivity index (χ3v) is 5.89. The van der Waals surface area contributed by atoms with Crippen molar-refractivity contribution in [3.63, 3.8) is 0 Å². The molecule has 9 heteroatoms. The molecule has 8 nitrogen and oxygen atoms in total. The van der Waals surface area contributed by atoms with E-state index in [4.69, 9.17) is 4.74 Å². The lowest BCUT2D eigenvalue weighted by Gasteiger charge is -2.09. The monoisotopic (exact) mass is 448 g/mol. The van der Waals surface area contributed by atoms with Gasteiger partial charge in [0.2, 0.25) is 5.91 Å². The van der Waals surface area contributed by atoms with E-state index < -0.39 is 0 Å². The van der Waals surface area contributed by atoms with Crippen molar-refractivity contribution in [1.82, 2.24) is 24.5 Å². The van der Waals surface area contributed by atoms with Crippen molar-refractivity contribution in [2.24, 2.45) is 7.05 Å². The fourth-order valence-corrected chi connectivity index (χ4v) is 3.95. The van der Waals surface area contributed by atoms with Crippen molar-refractivity contribution in [1.29, 1.82) is 0 Å². The molecule has 4 rings (SSSR count). The molecule has 0 saturated carbocycles. The van der Waals surface area contributed by atoms with Crippen LogP contribution in [0.15, 0.2) is 59.8 Å². The molecule has 0 unspecified atom stereocenters. The lowest BCUT2D eigenvalue weighted by molar-refractivity contribution is -0.113. The lowest BCUT2D eigenvalue weighted by atomic mass is 10.2. The molecule has 2 aromatic carbocycles. The second kappa shape index (κ2) is 9.27. The summed E-state index contributed by atoms with van der Waals surface area (Å²) in [5, 5.41) is 16.6. The van der Waals surface area contributed by atoms with E-state index in [1.165, 1.54) is 11.8 Å². The first-order chi connectivity index (χ1) is 15.4. The number of hydrogen-bond donors (Lipinski definition) is 1. The number of methoxy groups -OCH3 is 1. The number of carbonyl (C=O) groups is 1. The molecule has 0 saturated heterocycles. The van der Waals surface area contributed by atoms with Crippen molar-refractivity contribution in [2.45, 2.75) is 19.0 Å². The van der Waals surface area contributed by atoms with Crippen LogP contribution >= 0.6 is 11.8 Å². The van der Waals surface area contributed by atoms with E-state index in [-0.39, 0.29) is 11.7 Å². The van der Waals surface area contributed by atoms with Gasteiger partial charge in [0, 0.05) is 18.7 Å². The van der Waals surface area contributed by atoms with Gasteiger partial charge in [-0.3, -0.25) is 4.79 Å². The molecule has 32 heavy (non-hydrogen) atoms. The number of hydrogen-bond acceptors (Lipinski definition) is 6. The van der Waals surface area contributed by atoms with Crippen LogP contribution in [-0.2, 0) is 11.8 Å². The number of aromatic nitrogens is 5. The molecular formula is C23H24N6O2S. The predicted molar refractivity (Wildman–Crippen MR) is 125 cm³/mol. The number of ether oxygens (including phenoxy) is 1. The normalized spacial score (nSPS) is 10.9. The van der Waals surface area contributed by atoms with E-state index in [9.17, 15) is 4.79 Å². The minimum Gasteiger partial charge on any atom is -0.497 e. The quantitative estimate of drug-likeness (QED) is 0.430. The molecule has 1 N–H and O–H groups in total. The Hall–Kier alpha value is -3.59. The Balaban J connectivity index is 1.44. The molecule has 0 radical (unpaired) electrons. The maximum Gasteiger partial charge on any atom is 0.236 e. The van der Waals surface area contributed by atoms with Gasteiger partial charge >= 0.3 is 0 Å². The Labute approximate surface area is 190 Å². The predicted octanol–water partition coefficient (Wildman–Crippen LogP) is 4.02. The van der Waals surface area contributed by atoms with Crippen LogP contribution in [0.5, 0.6) is 5.75 Å². The van der Waals surface area contributed by atoms with Crippen LogP contribution in [-0.4, -0.2) is 43.3 Å². The molecule has 2 aromatic heterocycles. The van der Waals surface area contributed by atoms with Gasteiger partial charge in [0.15, 0.2) is 11.0 Å². The van der Waals surface area contributed by atoms with E-state index in [1.807, 2.05) is 80.1 Å². The number of benzene rings is 2. The van der Waals surface area contributed by atoms with Crippen molar-refractivity contribution < 1.29 is 9.53 Å². The molecule has 1 amide bonds. The van der Waals surface area contributed by atoms with Crippen LogP contribution < -0.4 is 10.1 Å². The van der Waals surface area contributed by atoms with Gasteiger partial charge in [-0.1, -0.05) is 41.6 Å². The minimum atomic E-state index is -0.144. The Morgan fingerprint density at radius 1 is 1.09 bits per heavy atom. The standard InChI is InChI=1S/C23H24N6O2S/c1-15-8-10-18(11-9-15)29-20(12-16(2)27-29)24-21(30)14-32-23-26-25-22(28(23)3)17-6-5-7-19(13-17)31-4/h5-13H,14H2,1-4H3,(H,24,30). The van der Waals surface area contributed by atoms with Crippen molar-refractivity contribution in [3.05, 3.63) is 65.9 Å². The SMILES string of the molecule is COc1cccc(-c2nnc(SCC(=O)Nc3cc(C)nn3-c3ccc(C)cc3)n2C)c1. The summed E-state index contributed by atoms with van der Waals surface area (Å²) in [6, 6.07) is 17.5. The number of amides is 1. The lowest BCUT2D eigenvalue weighted by Crippen LogP contribution is -2.17. The molecule has 0 aliphatic heterocycles. The molecule has 0 bridgehead atoms. The number of nitrogens with one attached hydrogen (secondary N) is 1. The van der Waals surface area contributed by atoms with Gasteiger partial charge in [0.25, 0.3) is 0 Å². The fraction of sp³-hybridized carbons (Fsp3) is 0.217. The Morgan fingerprint density at radius 3 is 2.62 bits per heavy atom. The molecule has 2 heterocycles. The van der Waals surface area contributed by atoms with Crippen LogP contribution in [0.4, 0.5) is 5.82 Å². The molecule has 0 aliphatic rings. The molecular weight excluding hydrogens is 424 g/mol. The molecule has 0 spiro atoms. The van der Waals surface area contributed by atoms with Crippen LogP contribution in [0.2, 0.25) is 0 Å². The van der Waals surface area contributed by atoms with Crippen LogP contribution in [0, 0.1) is 13.8 Å². The maximum absolute atomic E-state index is 12.7. The van der Waals surface area contributed by atoms with Gasteiger partial charge in [-0.15, -0.1) is 10.2 Å². The van der Waals surface area contributed by atoms with Gasteiger partial charge in [-0.25, -0.2) is 4.68 Å². The largest absolute Gasteiger partial charge is 0.497 e. The molecule has 4 aromatic rings. The smallest absolute Gasteiger partial charge is 0.236 e. The highest BCUT2D eigenvalue weighted by atomic mass is 32.2. The first kappa shape index (κ1) is 21.6. The van der Waals surface area contributed by atoms with Gasteiger partial charge in [-0.2, -0.15) is 5.10 Å². The average molecular weight is 449 g/mol. The highest BCUT2D eigenvalue weighted by Crippen LogP contribution is 2.26. The van der Waals surface area contributed by atoms with Crippen molar-refractivity contribution in [3.8, 4) is 22.8 Å². The molecule has 0 fully saturated rings. The zero-order valence-corrected chi connectivity index (χ0v) is 19.2. The molecule has 164 valence electrons. The average Bonchev–Trinajstić information content (AvgIpc) is 3.34. The summed E-state index contributed by atoms with van der Waals surface area (Å²) in [5.41, 5.74) is 3.78. The Kier molecular flexibility index (Phi) is 6.27. The van der Waals surface area contributed by atoms with E-state index >= 15 is 0 Å². The second-order valence-corrected chi connectivity index (χ2v) is 8.29. The number of thioether (sulfide) groups is 1. The fourth-order valence-electron chi connectivity index (χ4n) is 3.23. The van der Waals surface area contributed by atoms with Gasteiger partial charge < -0.3 is 14.6 Å². The topological polar surface area (TPSA) is 86.9 Å². The summed E-state index contributed by atoms with van der Waals surface area (Å²) in [6.45, 7) is 3.93. The van der Waals surface area contributed by atoms with Crippen molar-refractivity contribution >= 4 is 23.5 Å². The molecule has 0 aliphatic carbocycles. The van der Waals surface area contributed by atoms with Crippen LogP contribution in [0.25, 0.3) is 17.1 Å². The second-order valence-electron chi connectivity index (χ2n) is 7.35. The van der Waals surface area contributed by atoms with Crippen LogP contribution in [0.1, 0.15) is 11.3 Å². The summed E-state index contributed by atoms with van der Waals surface area (Å²) in [4.78, 5) is 12.7. The summed E-state index contributed by atoms with van der Waals surface area (Å²) < 4.78 is 8.89. The number of anilines is 1. The maximum atomic E-state index is 12.7. The summed E-state index contributed by atoms with van der Waals surface area (Å²) in [6.07, 6.45) is 0. The molecule has 0 atom stereocenters. The first-order valence-electron chi connectivity index (χ1n) is 10.0. The number of carbonyl (C=O) groups excluding carboxylic acids is 1. The first-order valence-corrected chi connectivity index (χ1v) is 11.0. The van der Waals surface area contributed by atoms with Crippen molar-refractivity contribution in [2.75, 3.05) is 18.2 Å². The van der Waals surface area contributed by atoms with E-state index in [1.54, 1.807) is 11.8 Å². The Bertz CT molecular complexity index is 1250. The van der Waals surface area contributed by atoms with E-state index in [0.29, 0.717) is 16.8 Å². The summed E-state index contributed by atoms with van der Waals surface area (Å²) >= 11 is 1.33. The van der Waals surface area contributed by atoms with Gasteiger partial charge in [0.1, 0.15) is 11.6 Å². The third-order valence-electron chi connectivity index (χ3n) is 4.87. The van der Waals surface area contributed by atoms with E-state index in [2.05, 4.69) is 20.6 Å². The number of nitrogens with zero attached hydrogens (tertiary/aromatic N) is 5. The highest BCUT2D eigenvalue weighted by Gasteiger charge is 2.15. The zero-order valence-electron chi connectivity index (χ0n) is 18.4. The third kappa shape index (κ3) is 4.67. The minimum absolute atomic E-state index is 0.144. The van der Waals surface area contributed by atoms with Gasteiger partial charge in [-0.05, 0) is 38.1 Å². The van der Waals surface area contributed by atoms with Gasteiger partial charge in [0.05, 0.1) is 24.2 Å². The van der Waals surface area contributed by atoms with Crippen LogP contribution in [0.3, 0.4) is 0 Å². The number of rotatable bonds is 7. The number of aryl methyl sites for hydroxylation is 2. The zero-order chi connectivity index (χ0) is 22.7. The summed E-state index contributed by atoms with van der Waals surface area (Å²) in [7, 11) is 3.51. The highest BCUT2D eigenvalue weighted by molar-refractivity contribution is 7.99. The summed E-state index contributed by atoms with van der Waals surface area (Å²) in [5.74, 6) is 2.14. The Morgan fingerprint density at radius 2 is 1.88 bits per heavy atom. The van der Waals surface area contributed by atoms with E-state index in [0.717, 1.165) is 28.3 Å².